The van der Waals surface area contributed by atoms with Gasteiger partial charge in [-0.15, -0.1) is 0 Å². The smallest absolute Gasteiger partial charge is 0.231 e. The molecule has 100 valence electrons. The number of para-hydroxylation sites is 1. The minimum absolute atomic E-state index is 0.317. The number of aryl methyl sites for hydroxylation is 1. The van der Waals surface area contributed by atoms with Crippen LogP contribution in [0.25, 0.3) is 0 Å². The van der Waals surface area contributed by atoms with Gasteiger partial charge in [0.05, 0.1) is 0 Å². The second-order valence-electron chi connectivity index (χ2n) is 4.36. The first-order valence-corrected chi connectivity index (χ1v) is 6.36. The molecule has 0 aliphatic carbocycles. The van der Waals surface area contributed by atoms with Crippen LogP contribution in [0.3, 0.4) is 0 Å². The molecule has 0 saturated carbocycles. The first kappa shape index (κ1) is 12.0. The van der Waals surface area contributed by atoms with Gasteiger partial charge in [0, 0.05) is 18.5 Å². The molecule has 1 aliphatic rings. The summed E-state index contributed by atoms with van der Waals surface area (Å²) in [5.41, 5.74) is 1.13. The predicted octanol–water partition coefficient (Wildman–Crippen LogP) is 1.26. The van der Waals surface area contributed by atoms with Crippen molar-refractivity contribution in [2.24, 2.45) is 0 Å². The molecule has 6 nitrogen and oxygen atoms in total. The zero-order chi connectivity index (χ0) is 12.9. The molecule has 3 rings (SSSR count). The van der Waals surface area contributed by atoms with E-state index in [4.69, 9.17) is 9.47 Å². The topological polar surface area (TPSA) is 72.1 Å². The highest BCUT2D eigenvalue weighted by Gasteiger charge is 2.16. The molecule has 0 radical (unpaired) electrons. The van der Waals surface area contributed by atoms with Crippen molar-refractivity contribution in [3.63, 3.8) is 0 Å². The third-order valence-electron chi connectivity index (χ3n) is 3.03. The minimum atomic E-state index is 0.317. The average molecular weight is 260 g/mol. The SMILES string of the molecule is c1cc(CNCCCc2ncn[nH]2)c2c(c1)OCO2. The lowest BCUT2D eigenvalue weighted by Gasteiger charge is -2.07. The van der Waals surface area contributed by atoms with Crippen molar-refractivity contribution < 1.29 is 9.47 Å². The van der Waals surface area contributed by atoms with E-state index in [9.17, 15) is 0 Å². The first-order chi connectivity index (χ1) is 9.43. The third kappa shape index (κ3) is 2.85. The molecular formula is C13H16N4O2. The van der Waals surface area contributed by atoms with E-state index >= 15 is 0 Å². The standard InChI is InChI=1S/C13H16N4O2/c1-3-10(13-11(4-1)18-9-19-13)7-14-6-2-5-12-15-8-16-17-12/h1,3-4,8,14H,2,5-7,9H2,(H,15,16,17). The van der Waals surface area contributed by atoms with Crippen LogP contribution in [0.5, 0.6) is 11.5 Å². The fraction of sp³-hybridized carbons (Fsp3) is 0.385. The Morgan fingerprint density at radius 1 is 1.32 bits per heavy atom. The number of aromatic amines is 1. The van der Waals surface area contributed by atoms with Crippen LogP contribution in [0.2, 0.25) is 0 Å². The fourth-order valence-corrected chi connectivity index (χ4v) is 2.08. The molecule has 2 aromatic rings. The molecule has 0 saturated heterocycles. The van der Waals surface area contributed by atoms with Crippen LogP contribution >= 0.6 is 0 Å². The van der Waals surface area contributed by atoms with E-state index in [1.807, 2.05) is 12.1 Å². The lowest BCUT2D eigenvalue weighted by molar-refractivity contribution is 0.173. The molecule has 2 heterocycles. The summed E-state index contributed by atoms with van der Waals surface area (Å²) in [5.74, 6) is 2.63. The summed E-state index contributed by atoms with van der Waals surface area (Å²) in [6, 6.07) is 5.96. The van der Waals surface area contributed by atoms with E-state index in [0.29, 0.717) is 6.79 Å². The number of hydrogen-bond donors (Lipinski definition) is 2. The summed E-state index contributed by atoms with van der Waals surface area (Å²) in [4.78, 5) is 4.09. The van der Waals surface area contributed by atoms with Crippen LogP contribution in [0.4, 0.5) is 0 Å². The van der Waals surface area contributed by atoms with Gasteiger partial charge in [-0.05, 0) is 19.0 Å². The Hall–Kier alpha value is -2.08. The molecule has 0 amide bonds. The molecule has 1 aromatic carbocycles. The van der Waals surface area contributed by atoms with E-state index in [2.05, 4.69) is 26.6 Å². The quantitative estimate of drug-likeness (QED) is 0.765. The summed E-state index contributed by atoms with van der Waals surface area (Å²) in [5, 5.41) is 10.1. The molecule has 0 spiro atoms. The Balaban J connectivity index is 1.44. The monoisotopic (exact) mass is 260 g/mol. The molecule has 0 bridgehead atoms. The van der Waals surface area contributed by atoms with Crippen molar-refractivity contribution in [2.45, 2.75) is 19.4 Å². The highest BCUT2D eigenvalue weighted by molar-refractivity contribution is 5.48. The molecule has 19 heavy (non-hydrogen) atoms. The Morgan fingerprint density at radius 3 is 3.21 bits per heavy atom. The lowest BCUT2D eigenvalue weighted by atomic mass is 10.2. The molecule has 0 fully saturated rings. The van der Waals surface area contributed by atoms with Gasteiger partial charge in [0.2, 0.25) is 6.79 Å². The Kier molecular flexibility index (Phi) is 3.60. The van der Waals surface area contributed by atoms with E-state index in [1.165, 1.54) is 6.33 Å². The van der Waals surface area contributed by atoms with E-state index in [0.717, 1.165) is 48.8 Å². The number of benzene rings is 1. The van der Waals surface area contributed by atoms with Gasteiger partial charge in [0.15, 0.2) is 11.5 Å². The molecule has 0 unspecified atom stereocenters. The molecule has 2 N–H and O–H groups in total. The summed E-state index contributed by atoms with van der Waals surface area (Å²) in [7, 11) is 0. The minimum Gasteiger partial charge on any atom is -0.454 e. The molecule has 1 aromatic heterocycles. The molecule has 1 aliphatic heterocycles. The normalized spacial score (nSPS) is 12.8. The maximum atomic E-state index is 5.46. The van der Waals surface area contributed by atoms with E-state index in [1.54, 1.807) is 0 Å². The van der Waals surface area contributed by atoms with Gasteiger partial charge in [-0.2, -0.15) is 5.10 Å². The van der Waals surface area contributed by atoms with Crippen LogP contribution in [-0.2, 0) is 13.0 Å². The predicted molar refractivity (Wildman–Crippen MR) is 69.0 cm³/mol. The molecule has 0 atom stereocenters. The van der Waals surface area contributed by atoms with Crippen molar-refractivity contribution in [1.29, 1.82) is 0 Å². The summed E-state index contributed by atoms with van der Waals surface area (Å²) < 4.78 is 10.8. The van der Waals surface area contributed by atoms with Gasteiger partial charge in [-0.25, -0.2) is 4.98 Å². The van der Waals surface area contributed by atoms with Crippen LogP contribution in [-0.4, -0.2) is 28.5 Å². The Bertz CT molecular complexity index is 527. The number of aromatic nitrogens is 3. The van der Waals surface area contributed by atoms with Gasteiger partial charge >= 0.3 is 0 Å². The maximum Gasteiger partial charge on any atom is 0.231 e. The number of ether oxygens (including phenoxy) is 2. The van der Waals surface area contributed by atoms with E-state index in [-0.39, 0.29) is 0 Å². The summed E-state index contributed by atoms with van der Waals surface area (Å²) >= 11 is 0. The zero-order valence-corrected chi connectivity index (χ0v) is 10.6. The van der Waals surface area contributed by atoms with Gasteiger partial charge in [-0.3, -0.25) is 5.10 Å². The van der Waals surface area contributed by atoms with Crippen molar-refractivity contribution in [1.82, 2.24) is 20.5 Å². The van der Waals surface area contributed by atoms with Crippen molar-refractivity contribution in [2.75, 3.05) is 13.3 Å². The third-order valence-corrected chi connectivity index (χ3v) is 3.03. The van der Waals surface area contributed by atoms with Gasteiger partial charge in [-0.1, -0.05) is 12.1 Å². The van der Waals surface area contributed by atoms with Crippen LogP contribution < -0.4 is 14.8 Å². The van der Waals surface area contributed by atoms with Crippen LogP contribution in [0.1, 0.15) is 17.8 Å². The van der Waals surface area contributed by atoms with Crippen molar-refractivity contribution in [3.05, 3.63) is 35.9 Å². The number of hydrogen-bond acceptors (Lipinski definition) is 5. The second-order valence-corrected chi connectivity index (χ2v) is 4.36. The molecule has 6 heteroatoms. The zero-order valence-electron chi connectivity index (χ0n) is 10.6. The summed E-state index contributed by atoms with van der Waals surface area (Å²) in [6.45, 7) is 2.02. The first-order valence-electron chi connectivity index (χ1n) is 6.36. The Labute approximate surface area is 111 Å². The largest absolute Gasteiger partial charge is 0.454 e. The number of rotatable bonds is 6. The van der Waals surface area contributed by atoms with Crippen molar-refractivity contribution >= 4 is 0 Å². The van der Waals surface area contributed by atoms with Gasteiger partial charge < -0.3 is 14.8 Å². The number of nitrogens with zero attached hydrogens (tertiary/aromatic N) is 2. The highest BCUT2D eigenvalue weighted by atomic mass is 16.7. The van der Waals surface area contributed by atoms with Gasteiger partial charge in [0.1, 0.15) is 12.2 Å². The van der Waals surface area contributed by atoms with Crippen LogP contribution in [0, 0.1) is 0 Å². The van der Waals surface area contributed by atoms with Gasteiger partial charge in [0.25, 0.3) is 0 Å². The van der Waals surface area contributed by atoms with Crippen molar-refractivity contribution in [3.8, 4) is 11.5 Å². The van der Waals surface area contributed by atoms with Crippen LogP contribution in [0.15, 0.2) is 24.5 Å². The van der Waals surface area contributed by atoms with E-state index < -0.39 is 0 Å². The number of nitrogens with one attached hydrogen (secondary N) is 2. The second kappa shape index (κ2) is 5.71. The number of H-pyrrole nitrogens is 1. The average Bonchev–Trinajstić information content (AvgIpc) is 3.09. The lowest BCUT2D eigenvalue weighted by Crippen LogP contribution is -2.15. The Morgan fingerprint density at radius 2 is 2.32 bits per heavy atom. The summed E-state index contributed by atoms with van der Waals surface area (Å²) in [6.07, 6.45) is 3.45. The molecular weight excluding hydrogens is 244 g/mol. The highest BCUT2D eigenvalue weighted by Crippen LogP contribution is 2.35. The maximum absolute atomic E-state index is 5.46. The number of fused-ring (bicyclic) bond motifs is 1. The fourth-order valence-electron chi connectivity index (χ4n) is 2.08.